The highest BCUT2D eigenvalue weighted by Gasteiger charge is 2.17. The molecular weight excluding hydrogens is 448 g/mol. The molecule has 1 aliphatic rings. The minimum absolute atomic E-state index is 0.218. The lowest BCUT2D eigenvalue weighted by atomic mass is 10.2. The number of rotatable bonds is 5. The van der Waals surface area contributed by atoms with Crippen molar-refractivity contribution in [1.82, 2.24) is 20.4 Å². The van der Waals surface area contributed by atoms with Gasteiger partial charge in [0, 0.05) is 10.0 Å². The van der Waals surface area contributed by atoms with E-state index in [0.29, 0.717) is 40.1 Å². The number of ether oxygens (including phenoxy) is 2. The smallest absolute Gasteiger partial charge is 0.277 e. The Morgan fingerprint density at radius 2 is 1.75 bits per heavy atom. The zero-order chi connectivity index (χ0) is 18.9. The van der Waals surface area contributed by atoms with Gasteiger partial charge < -0.3 is 18.3 Å². The fourth-order valence-electron chi connectivity index (χ4n) is 2.59. The first-order chi connectivity index (χ1) is 13.8. The van der Waals surface area contributed by atoms with Crippen LogP contribution in [-0.2, 0) is 5.75 Å². The normalized spacial score (nSPS) is 12.5. The van der Waals surface area contributed by atoms with Gasteiger partial charge in [-0.05, 0) is 46.3 Å². The Kier molecular flexibility index (Phi) is 4.49. The minimum Gasteiger partial charge on any atom is -0.454 e. The van der Waals surface area contributed by atoms with E-state index in [4.69, 9.17) is 18.3 Å². The molecule has 8 nitrogen and oxygen atoms in total. The summed E-state index contributed by atoms with van der Waals surface area (Å²) in [5.74, 6) is 3.11. The van der Waals surface area contributed by atoms with E-state index in [1.165, 1.54) is 11.8 Å². The second-order valence-electron chi connectivity index (χ2n) is 5.71. The van der Waals surface area contributed by atoms with E-state index in [9.17, 15) is 0 Å². The minimum atomic E-state index is 0.218. The maximum atomic E-state index is 5.72. The molecule has 0 radical (unpaired) electrons. The largest absolute Gasteiger partial charge is 0.454 e. The van der Waals surface area contributed by atoms with E-state index < -0.39 is 0 Å². The van der Waals surface area contributed by atoms with Gasteiger partial charge in [-0.25, -0.2) is 0 Å². The molecule has 0 aliphatic carbocycles. The van der Waals surface area contributed by atoms with Crippen LogP contribution in [0.2, 0.25) is 0 Å². The van der Waals surface area contributed by atoms with Gasteiger partial charge in [0.1, 0.15) is 0 Å². The van der Waals surface area contributed by atoms with Crippen molar-refractivity contribution in [2.45, 2.75) is 11.0 Å². The van der Waals surface area contributed by atoms with Crippen LogP contribution in [0.5, 0.6) is 11.5 Å². The summed E-state index contributed by atoms with van der Waals surface area (Å²) in [6, 6.07) is 13.1. The standard InChI is InChI=1S/C18H11BrN4O4S/c19-12-4-2-1-3-11(12)17-22-20-15(26-17)8-28-18-23-21-16(27-18)10-5-6-13-14(7-10)25-9-24-13/h1-7H,8-9H2. The molecule has 0 unspecified atom stereocenters. The zero-order valence-corrected chi connectivity index (χ0v) is 16.6. The summed E-state index contributed by atoms with van der Waals surface area (Å²) in [5, 5.41) is 16.7. The summed E-state index contributed by atoms with van der Waals surface area (Å²) < 4.78 is 23.0. The average molecular weight is 459 g/mol. The number of fused-ring (bicyclic) bond motifs is 1. The quantitative estimate of drug-likeness (QED) is 0.398. The van der Waals surface area contributed by atoms with Crippen molar-refractivity contribution in [2.75, 3.05) is 6.79 Å². The Labute approximate surface area is 171 Å². The van der Waals surface area contributed by atoms with E-state index in [1.54, 1.807) is 0 Å². The molecule has 0 saturated heterocycles. The second kappa shape index (κ2) is 7.28. The molecule has 4 aromatic rings. The highest BCUT2D eigenvalue weighted by molar-refractivity contribution is 9.10. The highest BCUT2D eigenvalue weighted by atomic mass is 79.9. The Morgan fingerprint density at radius 1 is 0.893 bits per heavy atom. The SMILES string of the molecule is Brc1ccccc1-c1nnc(CSc2nnc(-c3ccc4c(c3)OCO4)o2)o1. The third-order valence-electron chi connectivity index (χ3n) is 3.92. The van der Waals surface area contributed by atoms with Crippen molar-refractivity contribution < 1.29 is 18.3 Å². The van der Waals surface area contributed by atoms with Gasteiger partial charge in [-0.15, -0.1) is 20.4 Å². The van der Waals surface area contributed by atoms with Gasteiger partial charge >= 0.3 is 0 Å². The highest BCUT2D eigenvalue weighted by Crippen LogP contribution is 2.36. The van der Waals surface area contributed by atoms with Crippen molar-refractivity contribution in [3.05, 3.63) is 52.8 Å². The predicted molar refractivity (Wildman–Crippen MR) is 103 cm³/mol. The molecule has 0 amide bonds. The van der Waals surface area contributed by atoms with Crippen molar-refractivity contribution in [3.63, 3.8) is 0 Å². The number of benzene rings is 2. The maximum Gasteiger partial charge on any atom is 0.277 e. The number of hydrogen-bond acceptors (Lipinski definition) is 9. The van der Waals surface area contributed by atoms with E-state index in [-0.39, 0.29) is 6.79 Å². The van der Waals surface area contributed by atoms with Gasteiger partial charge in [0.25, 0.3) is 5.22 Å². The van der Waals surface area contributed by atoms with Crippen LogP contribution >= 0.6 is 27.7 Å². The van der Waals surface area contributed by atoms with Crippen molar-refractivity contribution >= 4 is 27.7 Å². The number of thioether (sulfide) groups is 1. The summed E-state index contributed by atoms with van der Waals surface area (Å²) in [6.45, 7) is 0.218. The summed E-state index contributed by atoms with van der Waals surface area (Å²) >= 11 is 4.80. The average Bonchev–Trinajstić information content (AvgIpc) is 3.46. The van der Waals surface area contributed by atoms with Crippen LogP contribution in [0.4, 0.5) is 0 Å². The van der Waals surface area contributed by atoms with Crippen LogP contribution in [0.25, 0.3) is 22.9 Å². The number of aromatic nitrogens is 4. The molecule has 3 heterocycles. The first-order valence-corrected chi connectivity index (χ1v) is 9.98. The maximum absolute atomic E-state index is 5.72. The molecule has 0 atom stereocenters. The Bertz CT molecular complexity index is 1150. The Morgan fingerprint density at radius 3 is 2.68 bits per heavy atom. The van der Waals surface area contributed by atoms with E-state index in [1.807, 2.05) is 42.5 Å². The molecule has 0 bridgehead atoms. The molecule has 2 aromatic heterocycles. The van der Waals surface area contributed by atoms with Crippen LogP contribution in [0.15, 0.2) is 61.0 Å². The van der Waals surface area contributed by atoms with Crippen molar-refractivity contribution in [2.24, 2.45) is 0 Å². The van der Waals surface area contributed by atoms with Crippen LogP contribution in [0.3, 0.4) is 0 Å². The molecule has 0 spiro atoms. The van der Waals surface area contributed by atoms with Gasteiger partial charge in [-0.3, -0.25) is 0 Å². The van der Waals surface area contributed by atoms with Gasteiger partial charge in [-0.1, -0.05) is 23.9 Å². The molecular formula is C18H11BrN4O4S. The van der Waals surface area contributed by atoms with Gasteiger partial charge in [0.05, 0.1) is 11.3 Å². The monoisotopic (exact) mass is 458 g/mol. The molecule has 0 saturated carbocycles. The third kappa shape index (κ3) is 3.36. The first-order valence-electron chi connectivity index (χ1n) is 8.20. The molecule has 0 N–H and O–H groups in total. The molecule has 10 heteroatoms. The molecule has 1 aliphatic heterocycles. The lowest BCUT2D eigenvalue weighted by molar-refractivity contribution is 0.174. The van der Waals surface area contributed by atoms with Gasteiger partial charge in [0.15, 0.2) is 11.5 Å². The van der Waals surface area contributed by atoms with Crippen LogP contribution < -0.4 is 9.47 Å². The summed E-state index contributed by atoms with van der Waals surface area (Å²) in [6.07, 6.45) is 0. The molecule has 140 valence electrons. The fraction of sp³-hybridized carbons (Fsp3) is 0.111. The first kappa shape index (κ1) is 17.3. The lowest BCUT2D eigenvalue weighted by Crippen LogP contribution is -1.92. The van der Waals surface area contributed by atoms with Gasteiger partial charge in [-0.2, -0.15) is 0 Å². The van der Waals surface area contributed by atoms with Gasteiger partial charge in [0.2, 0.25) is 24.5 Å². The molecule has 5 rings (SSSR count). The fourth-order valence-corrected chi connectivity index (χ4v) is 3.65. The molecule has 0 fully saturated rings. The number of nitrogens with zero attached hydrogens (tertiary/aromatic N) is 4. The lowest BCUT2D eigenvalue weighted by Gasteiger charge is -1.98. The Balaban J connectivity index is 1.28. The van der Waals surface area contributed by atoms with Crippen LogP contribution in [-0.4, -0.2) is 27.2 Å². The number of hydrogen-bond donors (Lipinski definition) is 0. The van der Waals surface area contributed by atoms with Crippen molar-refractivity contribution in [3.8, 4) is 34.4 Å². The summed E-state index contributed by atoms with van der Waals surface area (Å²) in [4.78, 5) is 0. The third-order valence-corrected chi connectivity index (χ3v) is 5.41. The topological polar surface area (TPSA) is 96.3 Å². The van der Waals surface area contributed by atoms with E-state index in [0.717, 1.165) is 15.6 Å². The number of halogens is 1. The molecule has 2 aromatic carbocycles. The summed E-state index contributed by atoms with van der Waals surface area (Å²) in [7, 11) is 0. The summed E-state index contributed by atoms with van der Waals surface area (Å²) in [5.41, 5.74) is 1.60. The van der Waals surface area contributed by atoms with Crippen molar-refractivity contribution in [1.29, 1.82) is 0 Å². The Hall–Kier alpha value is -2.85. The predicted octanol–water partition coefficient (Wildman–Crippen LogP) is 4.57. The van der Waals surface area contributed by atoms with E-state index in [2.05, 4.69) is 36.3 Å². The van der Waals surface area contributed by atoms with Crippen LogP contribution in [0.1, 0.15) is 5.89 Å². The second-order valence-corrected chi connectivity index (χ2v) is 7.49. The van der Waals surface area contributed by atoms with Crippen LogP contribution in [0, 0.1) is 0 Å². The zero-order valence-electron chi connectivity index (χ0n) is 14.2. The molecule has 28 heavy (non-hydrogen) atoms. The van der Waals surface area contributed by atoms with E-state index >= 15 is 0 Å².